The van der Waals surface area contributed by atoms with Crippen LogP contribution in [0.2, 0.25) is 0 Å². The van der Waals surface area contributed by atoms with Gasteiger partial charge in [-0.15, -0.1) is 11.6 Å². The lowest BCUT2D eigenvalue weighted by Crippen LogP contribution is -2.49. The molecule has 0 aromatic heterocycles. The normalized spacial score (nSPS) is 34.9. The summed E-state index contributed by atoms with van der Waals surface area (Å²) in [6.45, 7) is 8.61. The molecule has 0 spiro atoms. The third kappa shape index (κ3) is 3.84. The Hall–Kier alpha value is -0.380. The average molecular weight is 319 g/mol. The summed E-state index contributed by atoms with van der Waals surface area (Å²) in [4.78, 5) is 0. The smallest absolute Gasteiger partial charge is 0.191 e. The molecule has 2 N–H and O–H groups in total. The zero-order valence-corrected chi connectivity index (χ0v) is 14.1. The molecule has 0 aromatic rings. The Labute approximate surface area is 131 Å². The number of hydrogen-bond donors (Lipinski definition) is 2. The number of hydrogen-bond acceptors (Lipinski definition) is 3. The second-order valence-electron chi connectivity index (χ2n) is 6.15. The monoisotopic (exact) mass is 318 g/mol. The lowest BCUT2D eigenvalue weighted by atomic mass is 9.90. The molecule has 4 unspecified atom stereocenters. The first-order valence-corrected chi connectivity index (χ1v) is 8.12. The van der Waals surface area contributed by atoms with E-state index in [1.165, 1.54) is 5.57 Å². The number of halogens is 2. The Morgan fingerprint density at radius 3 is 2.65 bits per heavy atom. The van der Waals surface area contributed by atoms with Gasteiger partial charge < -0.3 is 10.1 Å². The minimum Gasteiger partial charge on any atom is -0.475 e. The van der Waals surface area contributed by atoms with Gasteiger partial charge in [-0.3, -0.25) is 5.32 Å². The Morgan fingerprint density at radius 1 is 1.35 bits per heavy atom. The molecule has 0 bridgehead atoms. The van der Waals surface area contributed by atoms with Gasteiger partial charge in [0.25, 0.3) is 0 Å². The average Bonchev–Trinajstić information content (AvgIpc) is 2.25. The van der Waals surface area contributed by atoms with E-state index in [2.05, 4.69) is 44.4 Å². The molecule has 0 saturated heterocycles. The van der Waals surface area contributed by atoms with Gasteiger partial charge in [0.2, 0.25) is 0 Å². The largest absolute Gasteiger partial charge is 0.475 e. The van der Waals surface area contributed by atoms with Crippen LogP contribution in [0, 0.1) is 11.8 Å². The van der Waals surface area contributed by atoms with Crippen molar-refractivity contribution in [1.29, 1.82) is 0 Å². The Kier molecular flexibility index (Phi) is 5.27. The number of alkyl halides is 2. The molecule has 20 heavy (non-hydrogen) atoms. The van der Waals surface area contributed by atoms with E-state index >= 15 is 0 Å². The molecule has 1 aliphatic carbocycles. The molecule has 5 heteroatoms. The molecule has 0 aromatic carbocycles. The van der Waals surface area contributed by atoms with Crippen molar-refractivity contribution in [2.75, 3.05) is 0 Å². The van der Waals surface area contributed by atoms with Crippen molar-refractivity contribution in [1.82, 2.24) is 10.6 Å². The number of allylic oxidation sites excluding steroid dienone is 1. The fraction of sp³-hybridized carbons (Fsp3) is 0.733. The highest BCUT2D eigenvalue weighted by atomic mass is 35.5. The molecule has 1 aliphatic heterocycles. The standard InChI is InChI=1S/C15H24Cl2N2O/c1-8(2)12-13(16)18-15(17)19-14(12)20-11-6-9(3)5-10(4)7-11/h5,8-9,11,13,15,18-19H,6-7H2,1-4H3. The van der Waals surface area contributed by atoms with E-state index < -0.39 is 5.62 Å². The quantitative estimate of drug-likeness (QED) is 0.470. The highest BCUT2D eigenvalue weighted by Gasteiger charge is 2.31. The molecule has 3 nitrogen and oxygen atoms in total. The van der Waals surface area contributed by atoms with Crippen molar-refractivity contribution < 1.29 is 4.74 Å². The van der Waals surface area contributed by atoms with Gasteiger partial charge in [0.15, 0.2) is 11.5 Å². The van der Waals surface area contributed by atoms with Crippen LogP contribution in [0.25, 0.3) is 0 Å². The van der Waals surface area contributed by atoms with Crippen molar-refractivity contribution in [2.45, 2.75) is 57.8 Å². The number of rotatable bonds is 3. The summed E-state index contributed by atoms with van der Waals surface area (Å²) in [6.07, 6.45) is 4.51. The van der Waals surface area contributed by atoms with Crippen LogP contribution >= 0.6 is 23.2 Å². The van der Waals surface area contributed by atoms with Crippen LogP contribution in [-0.2, 0) is 4.74 Å². The molecule has 0 radical (unpaired) electrons. The minimum atomic E-state index is -0.396. The summed E-state index contributed by atoms with van der Waals surface area (Å²) >= 11 is 12.5. The lowest BCUT2D eigenvalue weighted by molar-refractivity contribution is 0.0709. The highest BCUT2D eigenvalue weighted by molar-refractivity contribution is 6.24. The minimum absolute atomic E-state index is 0.192. The number of nitrogens with one attached hydrogen (secondary N) is 2. The van der Waals surface area contributed by atoms with E-state index in [-0.39, 0.29) is 11.6 Å². The summed E-state index contributed by atoms with van der Waals surface area (Å²) in [7, 11) is 0. The van der Waals surface area contributed by atoms with E-state index in [0.29, 0.717) is 11.8 Å². The number of ether oxygens (including phenoxy) is 1. The zero-order valence-electron chi connectivity index (χ0n) is 12.5. The van der Waals surface area contributed by atoms with E-state index in [9.17, 15) is 0 Å². The van der Waals surface area contributed by atoms with Gasteiger partial charge in [-0.05, 0) is 25.2 Å². The maximum Gasteiger partial charge on any atom is 0.191 e. The van der Waals surface area contributed by atoms with Gasteiger partial charge in [-0.2, -0.15) is 0 Å². The van der Waals surface area contributed by atoms with Crippen molar-refractivity contribution in [3.05, 3.63) is 23.1 Å². The first kappa shape index (κ1) is 16.0. The molecule has 0 saturated carbocycles. The lowest BCUT2D eigenvalue weighted by Gasteiger charge is -2.35. The highest BCUT2D eigenvalue weighted by Crippen LogP contribution is 2.30. The summed E-state index contributed by atoms with van der Waals surface area (Å²) in [5, 5.41) is 6.23. The first-order chi connectivity index (χ1) is 9.36. The van der Waals surface area contributed by atoms with E-state index in [1.54, 1.807) is 0 Å². The van der Waals surface area contributed by atoms with E-state index in [4.69, 9.17) is 27.9 Å². The molecule has 4 atom stereocenters. The molecular formula is C15H24Cl2N2O. The van der Waals surface area contributed by atoms with E-state index in [1.807, 2.05) is 0 Å². The van der Waals surface area contributed by atoms with Crippen molar-refractivity contribution >= 4 is 23.2 Å². The van der Waals surface area contributed by atoms with Crippen LogP contribution in [0.15, 0.2) is 23.1 Å². The Bertz CT molecular complexity index is 420. The predicted octanol–water partition coefficient (Wildman–Crippen LogP) is 3.90. The van der Waals surface area contributed by atoms with Crippen LogP contribution in [0.4, 0.5) is 0 Å². The molecule has 0 fully saturated rings. The maximum absolute atomic E-state index is 6.36. The van der Waals surface area contributed by atoms with Gasteiger partial charge in [0.1, 0.15) is 11.6 Å². The van der Waals surface area contributed by atoms with Gasteiger partial charge in [-0.25, -0.2) is 0 Å². The first-order valence-electron chi connectivity index (χ1n) is 7.25. The van der Waals surface area contributed by atoms with Crippen molar-refractivity contribution in [3.63, 3.8) is 0 Å². The fourth-order valence-electron chi connectivity index (χ4n) is 2.97. The fourth-order valence-corrected chi connectivity index (χ4v) is 3.73. The summed E-state index contributed by atoms with van der Waals surface area (Å²) in [6, 6.07) is 0. The van der Waals surface area contributed by atoms with Gasteiger partial charge >= 0.3 is 0 Å². The summed E-state index contributed by atoms with van der Waals surface area (Å²) in [5.74, 6) is 1.61. The second-order valence-corrected chi connectivity index (χ2v) is 7.02. The van der Waals surface area contributed by atoms with Crippen LogP contribution in [0.5, 0.6) is 0 Å². The topological polar surface area (TPSA) is 33.3 Å². The summed E-state index contributed by atoms with van der Waals surface area (Å²) in [5.41, 5.74) is 1.75. The molecule has 1 heterocycles. The third-order valence-electron chi connectivity index (χ3n) is 3.75. The molecule has 2 aliphatic rings. The van der Waals surface area contributed by atoms with E-state index in [0.717, 1.165) is 24.3 Å². The second kappa shape index (κ2) is 6.59. The van der Waals surface area contributed by atoms with Crippen LogP contribution in [0.1, 0.15) is 40.5 Å². The summed E-state index contributed by atoms with van der Waals surface area (Å²) < 4.78 is 6.21. The SMILES string of the molecule is CC1=CC(C)CC(OC2=C(C(C)C)C(Cl)NC(Cl)N2)C1. The zero-order chi connectivity index (χ0) is 14.9. The van der Waals surface area contributed by atoms with Crippen LogP contribution in [-0.4, -0.2) is 17.2 Å². The molecular weight excluding hydrogens is 295 g/mol. The maximum atomic E-state index is 6.36. The van der Waals surface area contributed by atoms with Gasteiger partial charge in [0, 0.05) is 12.0 Å². The molecule has 0 amide bonds. The van der Waals surface area contributed by atoms with Crippen LogP contribution in [0.3, 0.4) is 0 Å². The Balaban J connectivity index is 2.16. The molecule has 114 valence electrons. The van der Waals surface area contributed by atoms with Crippen molar-refractivity contribution in [2.24, 2.45) is 11.8 Å². The van der Waals surface area contributed by atoms with Crippen molar-refractivity contribution in [3.8, 4) is 0 Å². The predicted molar refractivity (Wildman–Crippen MR) is 84.4 cm³/mol. The molecule has 2 rings (SSSR count). The van der Waals surface area contributed by atoms with Gasteiger partial charge in [0.05, 0.1) is 0 Å². The van der Waals surface area contributed by atoms with Gasteiger partial charge in [-0.1, -0.05) is 44.0 Å². The van der Waals surface area contributed by atoms with Crippen LogP contribution < -0.4 is 10.6 Å². The Morgan fingerprint density at radius 2 is 2.05 bits per heavy atom. The third-order valence-corrected chi connectivity index (χ3v) is 4.34.